The molecule has 0 aliphatic carbocycles. The lowest BCUT2D eigenvalue weighted by molar-refractivity contribution is 0.0462. The number of benzene rings is 1. The van der Waals surface area contributed by atoms with E-state index in [2.05, 4.69) is 24.4 Å². The summed E-state index contributed by atoms with van der Waals surface area (Å²) < 4.78 is 11.0. The van der Waals surface area contributed by atoms with E-state index in [1.54, 1.807) is 7.11 Å². The molecular weight excluding hydrogens is 202 g/mol. The Kier molecular flexibility index (Phi) is 3.80. The number of ether oxygens (including phenoxy) is 2. The van der Waals surface area contributed by atoms with Crippen molar-refractivity contribution in [3.8, 4) is 5.75 Å². The van der Waals surface area contributed by atoms with Crippen molar-refractivity contribution in [1.82, 2.24) is 5.32 Å². The van der Waals surface area contributed by atoms with Crippen LogP contribution in [0.25, 0.3) is 0 Å². The van der Waals surface area contributed by atoms with Crippen molar-refractivity contribution in [2.75, 3.05) is 20.3 Å². The van der Waals surface area contributed by atoms with Crippen molar-refractivity contribution < 1.29 is 9.47 Å². The Morgan fingerprint density at radius 1 is 1.31 bits per heavy atom. The lowest BCUT2D eigenvalue weighted by atomic mass is 10.0. The van der Waals surface area contributed by atoms with E-state index >= 15 is 0 Å². The molecule has 0 radical (unpaired) electrons. The van der Waals surface area contributed by atoms with Gasteiger partial charge in [0.15, 0.2) is 0 Å². The van der Waals surface area contributed by atoms with Crippen LogP contribution in [-0.4, -0.2) is 26.3 Å². The zero-order valence-electron chi connectivity index (χ0n) is 9.90. The molecule has 3 heteroatoms. The highest BCUT2D eigenvalue weighted by Crippen LogP contribution is 2.25. The average molecular weight is 221 g/mol. The van der Waals surface area contributed by atoms with Gasteiger partial charge in [-0.1, -0.05) is 12.1 Å². The summed E-state index contributed by atoms with van der Waals surface area (Å²) in [5, 5.41) is 3.47. The molecule has 1 aromatic carbocycles. The SMILES string of the molecule is COc1ccc(C2OCCCNC2C)cc1. The van der Waals surface area contributed by atoms with E-state index in [9.17, 15) is 0 Å². The summed E-state index contributed by atoms with van der Waals surface area (Å²) in [6.07, 6.45) is 1.23. The predicted octanol–water partition coefficient (Wildman–Crippen LogP) is 2.13. The second kappa shape index (κ2) is 5.32. The molecule has 0 saturated carbocycles. The molecule has 1 aromatic rings. The first-order chi connectivity index (χ1) is 7.81. The monoisotopic (exact) mass is 221 g/mol. The zero-order valence-corrected chi connectivity index (χ0v) is 9.90. The second-order valence-electron chi connectivity index (χ2n) is 4.16. The first-order valence-corrected chi connectivity index (χ1v) is 5.80. The Labute approximate surface area is 96.8 Å². The molecule has 88 valence electrons. The van der Waals surface area contributed by atoms with Crippen LogP contribution in [0.2, 0.25) is 0 Å². The molecule has 0 amide bonds. The Bertz CT molecular complexity index is 323. The van der Waals surface area contributed by atoms with E-state index in [1.165, 1.54) is 5.56 Å². The van der Waals surface area contributed by atoms with Gasteiger partial charge in [0.2, 0.25) is 0 Å². The van der Waals surface area contributed by atoms with Crippen molar-refractivity contribution in [2.24, 2.45) is 0 Å². The maximum absolute atomic E-state index is 5.87. The maximum Gasteiger partial charge on any atom is 0.118 e. The van der Waals surface area contributed by atoms with Crippen LogP contribution >= 0.6 is 0 Å². The molecule has 3 nitrogen and oxygen atoms in total. The highest BCUT2D eigenvalue weighted by molar-refractivity contribution is 5.29. The van der Waals surface area contributed by atoms with Gasteiger partial charge in [-0.15, -0.1) is 0 Å². The number of hydrogen-bond acceptors (Lipinski definition) is 3. The molecule has 1 aliphatic rings. The molecule has 0 bridgehead atoms. The molecule has 1 heterocycles. The Hall–Kier alpha value is -1.06. The van der Waals surface area contributed by atoms with Crippen molar-refractivity contribution in [2.45, 2.75) is 25.5 Å². The van der Waals surface area contributed by atoms with E-state index in [-0.39, 0.29) is 6.10 Å². The van der Waals surface area contributed by atoms with Gasteiger partial charge in [0.1, 0.15) is 5.75 Å². The number of rotatable bonds is 2. The van der Waals surface area contributed by atoms with Gasteiger partial charge in [0.25, 0.3) is 0 Å². The first-order valence-electron chi connectivity index (χ1n) is 5.80. The minimum absolute atomic E-state index is 0.147. The van der Waals surface area contributed by atoms with Crippen LogP contribution in [0.3, 0.4) is 0 Å². The average Bonchev–Trinajstić information content (AvgIpc) is 2.54. The second-order valence-corrected chi connectivity index (χ2v) is 4.16. The normalized spacial score (nSPS) is 26.1. The minimum Gasteiger partial charge on any atom is -0.497 e. The van der Waals surface area contributed by atoms with Gasteiger partial charge in [-0.3, -0.25) is 0 Å². The molecule has 2 rings (SSSR count). The van der Waals surface area contributed by atoms with Gasteiger partial charge in [-0.25, -0.2) is 0 Å². The van der Waals surface area contributed by atoms with Crippen molar-refractivity contribution in [3.63, 3.8) is 0 Å². The van der Waals surface area contributed by atoms with Gasteiger partial charge in [-0.2, -0.15) is 0 Å². The summed E-state index contributed by atoms with van der Waals surface area (Å²) in [6.45, 7) is 4.03. The van der Waals surface area contributed by atoms with Crippen LogP contribution in [0.4, 0.5) is 0 Å². The molecule has 1 fully saturated rings. The smallest absolute Gasteiger partial charge is 0.118 e. The van der Waals surface area contributed by atoms with Gasteiger partial charge in [0, 0.05) is 12.6 Å². The summed E-state index contributed by atoms with van der Waals surface area (Å²) in [5.41, 5.74) is 1.21. The maximum atomic E-state index is 5.87. The van der Waals surface area contributed by atoms with Crippen LogP contribution in [-0.2, 0) is 4.74 Å². The van der Waals surface area contributed by atoms with Gasteiger partial charge >= 0.3 is 0 Å². The van der Waals surface area contributed by atoms with Gasteiger partial charge in [-0.05, 0) is 37.6 Å². The van der Waals surface area contributed by atoms with Gasteiger partial charge in [0.05, 0.1) is 13.2 Å². The highest BCUT2D eigenvalue weighted by Gasteiger charge is 2.21. The molecule has 16 heavy (non-hydrogen) atoms. The zero-order chi connectivity index (χ0) is 11.4. The molecule has 2 unspecified atom stereocenters. The molecular formula is C13H19NO2. The number of nitrogens with one attached hydrogen (secondary N) is 1. The predicted molar refractivity (Wildman–Crippen MR) is 63.8 cm³/mol. The molecule has 1 N–H and O–H groups in total. The van der Waals surface area contributed by atoms with Crippen molar-refractivity contribution >= 4 is 0 Å². The van der Waals surface area contributed by atoms with Crippen LogP contribution in [0, 0.1) is 0 Å². The standard InChI is InChI=1S/C13H19NO2/c1-10-13(16-9-3-8-14-10)11-4-6-12(15-2)7-5-11/h4-7,10,13-14H,3,8-9H2,1-2H3. The Morgan fingerprint density at radius 2 is 2.06 bits per heavy atom. The van der Waals surface area contributed by atoms with E-state index in [4.69, 9.17) is 9.47 Å². The molecule has 2 atom stereocenters. The lowest BCUT2D eigenvalue weighted by Crippen LogP contribution is -2.31. The van der Waals surface area contributed by atoms with Crippen LogP contribution < -0.4 is 10.1 Å². The molecule has 0 aromatic heterocycles. The van der Waals surface area contributed by atoms with Crippen LogP contribution in [0.15, 0.2) is 24.3 Å². The lowest BCUT2D eigenvalue weighted by Gasteiger charge is -2.22. The van der Waals surface area contributed by atoms with E-state index in [0.29, 0.717) is 6.04 Å². The largest absolute Gasteiger partial charge is 0.497 e. The quantitative estimate of drug-likeness (QED) is 0.830. The van der Waals surface area contributed by atoms with Crippen LogP contribution in [0.1, 0.15) is 25.0 Å². The number of methoxy groups -OCH3 is 1. The van der Waals surface area contributed by atoms with E-state index in [0.717, 1.165) is 25.3 Å². The Balaban J connectivity index is 2.14. The van der Waals surface area contributed by atoms with Crippen molar-refractivity contribution in [3.05, 3.63) is 29.8 Å². The summed E-state index contributed by atoms with van der Waals surface area (Å²) in [6, 6.07) is 8.47. The molecule has 1 saturated heterocycles. The topological polar surface area (TPSA) is 30.5 Å². The van der Waals surface area contributed by atoms with E-state index < -0.39 is 0 Å². The summed E-state index contributed by atoms with van der Waals surface area (Å²) in [4.78, 5) is 0. The Morgan fingerprint density at radius 3 is 2.75 bits per heavy atom. The molecule has 1 aliphatic heterocycles. The third kappa shape index (κ3) is 2.54. The van der Waals surface area contributed by atoms with Gasteiger partial charge < -0.3 is 14.8 Å². The van der Waals surface area contributed by atoms with E-state index in [1.807, 2.05) is 12.1 Å². The third-order valence-corrected chi connectivity index (χ3v) is 2.98. The van der Waals surface area contributed by atoms with Crippen molar-refractivity contribution in [1.29, 1.82) is 0 Å². The molecule has 0 spiro atoms. The first kappa shape index (κ1) is 11.4. The van der Waals surface area contributed by atoms with Crippen LogP contribution in [0.5, 0.6) is 5.75 Å². The fraction of sp³-hybridized carbons (Fsp3) is 0.538. The summed E-state index contributed by atoms with van der Waals surface area (Å²) in [7, 11) is 1.68. The summed E-state index contributed by atoms with van der Waals surface area (Å²) >= 11 is 0. The summed E-state index contributed by atoms with van der Waals surface area (Å²) in [5.74, 6) is 0.887. The number of hydrogen-bond donors (Lipinski definition) is 1. The highest BCUT2D eigenvalue weighted by atomic mass is 16.5. The third-order valence-electron chi connectivity index (χ3n) is 2.98. The minimum atomic E-state index is 0.147. The fourth-order valence-corrected chi connectivity index (χ4v) is 2.04. The fourth-order valence-electron chi connectivity index (χ4n) is 2.04.